The fourth-order valence-electron chi connectivity index (χ4n) is 4.75. The van der Waals surface area contributed by atoms with E-state index in [2.05, 4.69) is 10.4 Å². The van der Waals surface area contributed by atoms with Crippen LogP contribution in [0.2, 0.25) is 0 Å². The lowest BCUT2D eigenvalue weighted by atomic mass is 9.97. The first-order valence-electron chi connectivity index (χ1n) is 10.7. The summed E-state index contributed by atoms with van der Waals surface area (Å²) in [5, 5.41) is 7.50. The van der Waals surface area contributed by atoms with Gasteiger partial charge in [0.25, 0.3) is 12.3 Å². The zero-order chi connectivity index (χ0) is 22.4. The summed E-state index contributed by atoms with van der Waals surface area (Å²) in [5.41, 5.74) is 3.11. The summed E-state index contributed by atoms with van der Waals surface area (Å²) in [5.74, 6) is 0.793. The Hall–Kier alpha value is -3.42. The van der Waals surface area contributed by atoms with E-state index in [0.717, 1.165) is 23.2 Å². The molecule has 5 rings (SSSR count). The normalized spacial score (nSPS) is 21.8. The Morgan fingerprint density at radius 2 is 1.94 bits per heavy atom. The molecule has 0 spiro atoms. The maximum absolute atomic E-state index is 14.0. The van der Waals surface area contributed by atoms with Crippen molar-refractivity contribution in [3.63, 3.8) is 0 Å². The zero-order valence-corrected chi connectivity index (χ0v) is 17.8. The Morgan fingerprint density at radius 3 is 2.66 bits per heavy atom. The van der Waals surface area contributed by atoms with Crippen molar-refractivity contribution in [1.29, 1.82) is 0 Å². The average Bonchev–Trinajstić information content (AvgIpc) is 3.38. The Kier molecular flexibility index (Phi) is 5.07. The van der Waals surface area contributed by atoms with Gasteiger partial charge in [-0.25, -0.2) is 13.5 Å². The topological polar surface area (TPSA) is 59.4 Å². The molecule has 1 aromatic heterocycles. The number of ether oxygens (including phenoxy) is 1. The van der Waals surface area contributed by atoms with Crippen LogP contribution in [0.5, 0.6) is 5.75 Å². The number of para-hydroxylation sites is 1. The molecule has 0 bridgehead atoms. The number of fused-ring (bicyclic) bond motifs is 2. The smallest absolute Gasteiger partial charge is 0.263 e. The van der Waals surface area contributed by atoms with Gasteiger partial charge in [-0.1, -0.05) is 30.3 Å². The standard InChI is InChI=1S/C24H24F2N4O2/c1-14-11-16-5-3-4-6-20(16)29(14)24(31)18-13-27-30-21(22(25)26)12-19(28-23(18)30)15-7-9-17(32-2)10-8-15/h3-10,13-14,19,21-22,28H,11-12H2,1-2H3/t14-,19-,21-/m1/s1. The van der Waals surface area contributed by atoms with Gasteiger partial charge in [-0.15, -0.1) is 0 Å². The van der Waals surface area contributed by atoms with Crippen LogP contribution in [-0.2, 0) is 6.42 Å². The molecule has 0 saturated carbocycles. The SMILES string of the molecule is COc1ccc([C@H]2C[C@H](C(F)F)n3ncc(C(=O)N4c5ccccc5C[C@H]4C)c3N2)cc1. The van der Waals surface area contributed by atoms with E-state index in [9.17, 15) is 13.6 Å². The molecule has 0 aliphatic carbocycles. The maximum atomic E-state index is 14.0. The Labute approximate surface area is 184 Å². The van der Waals surface area contributed by atoms with Crippen molar-refractivity contribution < 1.29 is 18.3 Å². The number of halogens is 2. The molecular weight excluding hydrogens is 414 g/mol. The first kappa shape index (κ1) is 20.5. The lowest BCUT2D eigenvalue weighted by molar-refractivity contribution is 0.0657. The molecule has 6 nitrogen and oxygen atoms in total. The van der Waals surface area contributed by atoms with Crippen LogP contribution in [0.25, 0.3) is 0 Å². The summed E-state index contributed by atoms with van der Waals surface area (Å²) < 4.78 is 34.4. The molecule has 166 valence electrons. The summed E-state index contributed by atoms with van der Waals surface area (Å²) >= 11 is 0. The van der Waals surface area contributed by atoms with Gasteiger partial charge in [0, 0.05) is 11.7 Å². The molecule has 8 heteroatoms. The van der Waals surface area contributed by atoms with E-state index < -0.39 is 12.5 Å². The van der Waals surface area contributed by atoms with Crippen molar-refractivity contribution in [1.82, 2.24) is 9.78 Å². The molecule has 32 heavy (non-hydrogen) atoms. The van der Waals surface area contributed by atoms with Gasteiger partial charge in [0.1, 0.15) is 23.2 Å². The lowest BCUT2D eigenvalue weighted by Gasteiger charge is -2.33. The van der Waals surface area contributed by atoms with Crippen molar-refractivity contribution >= 4 is 17.4 Å². The summed E-state index contributed by atoms with van der Waals surface area (Å²) in [4.78, 5) is 15.3. The number of alkyl halides is 2. The van der Waals surface area contributed by atoms with Gasteiger partial charge in [-0.2, -0.15) is 5.10 Å². The number of carbonyl (C=O) groups is 1. The van der Waals surface area contributed by atoms with E-state index in [1.807, 2.05) is 43.3 Å². The summed E-state index contributed by atoms with van der Waals surface area (Å²) in [6.07, 6.45) is -0.280. The van der Waals surface area contributed by atoms with Crippen molar-refractivity contribution in [3.05, 3.63) is 71.4 Å². The fourth-order valence-corrected chi connectivity index (χ4v) is 4.75. The minimum atomic E-state index is -2.61. The number of benzene rings is 2. The molecule has 2 aromatic carbocycles. The molecule has 3 heterocycles. The second-order valence-electron chi connectivity index (χ2n) is 8.32. The van der Waals surface area contributed by atoms with E-state index in [1.54, 1.807) is 24.1 Å². The average molecular weight is 438 g/mol. The number of aromatic nitrogens is 2. The summed E-state index contributed by atoms with van der Waals surface area (Å²) in [6, 6.07) is 13.6. The van der Waals surface area contributed by atoms with Crippen LogP contribution in [0.3, 0.4) is 0 Å². The quantitative estimate of drug-likeness (QED) is 0.633. The van der Waals surface area contributed by atoms with Crippen molar-refractivity contribution in [3.8, 4) is 5.75 Å². The second-order valence-corrected chi connectivity index (χ2v) is 8.32. The third kappa shape index (κ3) is 3.30. The highest BCUT2D eigenvalue weighted by atomic mass is 19.3. The van der Waals surface area contributed by atoms with Crippen LogP contribution in [0.15, 0.2) is 54.7 Å². The Bertz CT molecular complexity index is 1150. The summed E-state index contributed by atoms with van der Waals surface area (Å²) in [6.45, 7) is 1.99. The number of methoxy groups -OCH3 is 1. The largest absolute Gasteiger partial charge is 0.497 e. The van der Waals surface area contributed by atoms with Gasteiger partial charge >= 0.3 is 0 Å². The third-order valence-electron chi connectivity index (χ3n) is 6.36. The number of amides is 1. The number of hydrogen-bond acceptors (Lipinski definition) is 4. The highest BCUT2D eigenvalue weighted by Gasteiger charge is 2.39. The highest BCUT2D eigenvalue weighted by molar-refractivity contribution is 6.10. The predicted octanol–water partition coefficient (Wildman–Crippen LogP) is 4.85. The van der Waals surface area contributed by atoms with Gasteiger partial charge in [0.2, 0.25) is 0 Å². The predicted molar refractivity (Wildman–Crippen MR) is 118 cm³/mol. The summed E-state index contributed by atoms with van der Waals surface area (Å²) in [7, 11) is 1.58. The monoisotopic (exact) mass is 438 g/mol. The van der Waals surface area contributed by atoms with Crippen LogP contribution in [0, 0.1) is 0 Å². The first-order chi connectivity index (χ1) is 15.5. The molecule has 2 aliphatic heterocycles. The molecule has 0 unspecified atom stereocenters. The van der Waals surface area contributed by atoms with Crippen LogP contribution < -0.4 is 15.0 Å². The number of hydrogen-bond donors (Lipinski definition) is 1. The third-order valence-corrected chi connectivity index (χ3v) is 6.36. The number of nitrogens with one attached hydrogen (secondary N) is 1. The van der Waals surface area contributed by atoms with Crippen LogP contribution in [0.4, 0.5) is 20.3 Å². The van der Waals surface area contributed by atoms with Crippen molar-refractivity contribution in [2.24, 2.45) is 0 Å². The lowest BCUT2D eigenvalue weighted by Crippen LogP contribution is -2.37. The molecule has 0 saturated heterocycles. The Morgan fingerprint density at radius 1 is 1.19 bits per heavy atom. The van der Waals surface area contributed by atoms with E-state index in [1.165, 1.54) is 10.9 Å². The number of carbonyl (C=O) groups excluding carboxylic acids is 1. The maximum Gasteiger partial charge on any atom is 0.263 e. The fraction of sp³-hybridized carbons (Fsp3) is 0.333. The Balaban J connectivity index is 1.52. The number of anilines is 2. The molecule has 3 aromatic rings. The van der Waals surface area contributed by atoms with Gasteiger partial charge in [-0.05, 0) is 49.1 Å². The zero-order valence-electron chi connectivity index (χ0n) is 17.8. The van der Waals surface area contributed by atoms with Crippen molar-refractivity contribution in [2.75, 3.05) is 17.3 Å². The molecule has 2 aliphatic rings. The van der Waals surface area contributed by atoms with E-state index >= 15 is 0 Å². The minimum absolute atomic E-state index is 0.0256. The molecule has 0 fully saturated rings. The number of nitrogens with zero attached hydrogens (tertiary/aromatic N) is 3. The molecule has 0 radical (unpaired) electrons. The molecule has 3 atom stereocenters. The van der Waals surface area contributed by atoms with Gasteiger partial charge in [0.05, 0.1) is 19.3 Å². The number of rotatable bonds is 4. The van der Waals surface area contributed by atoms with E-state index in [0.29, 0.717) is 17.1 Å². The molecular formula is C24H24F2N4O2. The van der Waals surface area contributed by atoms with Gasteiger partial charge in [-0.3, -0.25) is 4.79 Å². The van der Waals surface area contributed by atoms with Crippen LogP contribution >= 0.6 is 0 Å². The first-order valence-corrected chi connectivity index (χ1v) is 10.7. The van der Waals surface area contributed by atoms with Gasteiger partial charge < -0.3 is 15.0 Å². The highest BCUT2D eigenvalue weighted by Crippen LogP contribution is 2.41. The van der Waals surface area contributed by atoms with Crippen LogP contribution in [0.1, 0.15) is 46.9 Å². The minimum Gasteiger partial charge on any atom is -0.497 e. The van der Waals surface area contributed by atoms with Crippen molar-refractivity contribution in [2.45, 2.75) is 44.3 Å². The van der Waals surface area contributed by atoms with E-state index in [-0.39, 0.29) is 24.4 Å². The molecule has 1 N–H and O–H groups in total. The van der Waals surface area contributed by atoms with E-state index in [4.69, 9.17) is 4.74 Å². The second kappa shape index (κ2) is 7.93. The molecule has 1 amide bonds. The van der Waals surface area contributed by atoms with Crippen LogP contribution in [-0.4, -0.2) is 35.3 Å². The van der Waals surface area contributed by atoms with Gasteiger partial charge in [0.15, 0.2) is 0 Å².